The van der Waals surface area contributed by atoms with E-state index >= 15 is 14.0 Å². The lowest BCUT2D eigenvalue weighted by Gasteiger charge is -2.40. The van der Waals surface area contributed by atoms with Crippen LogP contribution in [0, 0.1) is 12.7 Å². The van der Waals surface area contributed by atoms with Gasteiger partial charge in [-0.15, -0.1) is 0 Å². The minimum Gasteiger partial charge on any atom is -0.508 e. The molecule has 4 aliphatic heterocycles. The van der Waals surface area contributed by atoms with Gasteiger partial charge in [0.05, 0.1) is 30.0 Å². The highest BCUT2D eigenvalue weighted by Crippen LogP contribution is 2.44. The molecule has 5 aromatic carbocycles. The summed E-state index contributed by atoms with van der Waals surface area (Å²) in [5.41, 5.74) is 8.61. The number of para-hydroxylation sites is 1. The standard InChI is InChI=1S/C50H47FN4O6/c1-32-13-14-34(25-43(32)51)39-10-4-5-12-45(39)55(36-15-17-38(56)18-16-36)50(58)42-26-46(53-19-7-6-11-44(42)53)40-27-47-48(61-31-60-47)28-41(40)49(57)54-29-35-9-3-2-8-33(35)24-37(54)30-52-20-22-59-23-21-52/h2-5,8-10,12-18,25-28,37,56H,6-7,11,19-24,29-31H2,1H3/t37-/m0/s1. The van der Waals surface area contributed by atoms with Gasteiger partial charge in [-0.2, -0.15) is 0 Å². The average molecular weight is 819 g/mol. The van der Waals surface area contributed by atoms with Crippen molar-refractivity contribution in [3.8, 4) is 39.6 Å². The fraction of sp³-hybridized carbons (Fsp3) is 0.280. The summed E-state index contributed by atoms with van der Waals surface area (Å²) >= 11 is 0. The number of aromatic hydroxyl groups is 1. The Morgan fingerprint density at radius 2 is 1.56 bits per heavy atom. The zero-order valence-corrected chi connectivity index (χ0v) is 34.1. The summed E-state index contributed by atoms with van der Waals surface area (Å²) in [6.45, 7) is 6.60. The van der Waals surface area contributed by atoms with Gasteiger partial charge < -0.3 is 28.8 Å². The summed E-state index contributed by atoms with van der Waals surface area (Å²) in [6, 6.07) is 33.0. The molecule has 0 saturated carbocycles. The number of anilines is 2. The molecule has 4 aliphatic rings. The van der Waals surface area contributed by atoms with Gasteiger partial charge in [-0.3, -0.25) is 19.4 Å². The lowest BCUT2D eigenvalue weighted by Crippen LogP contribution is -2.52. The highest BCUT2D eigenvalue weighted by atomic mass is 19.1. The quantitative estimate of drug-likeness (QED) is 0.164. The van der Waals surface area contributed by atoms with E-state index in [0.717, 1.165) is 55.8 Å². The third-order valence-electron chi connectivity index (χ3n) is 12.6. The van der Waals surface area contributed by atoms with Crippen molar-refractivity contribution in [3.63, 3.8) is 0 Å². The fourth-order valence-electron chi connectivity index (χ4n) is 9.40. The fourth-order valence-corrected chi connectivity index (χ4v) is 9.40. The van der Waals surface area contributed by atoms with Crippen molar-refractivity contribution in [2.75, 3.05) is 44.5 Å². The summed E-state index contributed by atoms with van der Waals surface area (Å²) in [4.78, 5) is 36.9. The van der Waals surface area contributed by atoms with Crippen molar-refractivity contribution in [2.45, 2.75) is 51.7 Å². The molecule has 1 atom stereocenters. The van der Waals surface area contributed by atoms with Gasteiger partial charge >= 0.3 is 0 Å². The van der Waals surface area contributed by atoms with Crippen LogP contribution in [0.25, 0.3) is 22.4 Å². The number of aryl methyl sites for hydroxylation is 1. The Bertz CT molecular complexity index is 2650. The number of morpholine rings is 1. The first-order valence-corrected chi connectivity index (χ1v) is 21.1. The molecular weight excluding hydrogens is 772 g/mol. The third-order valence-corrected chi connectivity index (χ3v) is 12.6. The van der Waals surface area contributed by atoms with E-state index in [4.69, 9.17) is 14.2 Å². The van der Waals surface area contributed by atoms with E-state index in [1.54, 1.807) is 42.2 Å². The number of ether oxygens (including phenoxy) is 3. The molecule has 5 heterocycles. The predicted octanol–water partition coefficient (Wildman–Crippen LogP) is 8.92. The van der Waals surface area contributed by atoms with Crippen LogP contribution in [0.4, 0.5) is 15.8 Å². The number of carbonyl (C=O) groups excluding carboxylic acids is 2. The summed E-state index contributed by atoms with van der Waals surface area (Å²) in [5.74, 6) is 0.400. The SMILES string of the molecule is Cc1ccc(-c2ccccc2N(C(=O)c2cc(-c3cc4c(cc3C(=O)N3Cc5ccccc5C[C@H]3CN3CCOCC3)OCO4)n3c2CCCC3)c2ccc(O)cc2)cc1F. The van der Waals surface area contributed by atoms with Crippen molar-refractivity contribution >= 4 is 23.2 Å². The average Bonchev–Trinajstić information content (AvgIpc) is 3.92. The van der Waals surface area contributed by atoms with E-state index in [1.165, 1.54) is 11.6 Å². The first-order valence-electron chi connectivity index (χ1n) is 21.1. The van der Waals surface area contributed by atoms with Gasteiger partial charge in [-0.05, 0) is 109 Å². The molecule has 0 aliphatic carbocycles. The molecular formula is C50H47FN4O6. The van der Waals surface area contributed by atoms with Gasteiger partial charge in [0.25, 0.3) is 11.8 Å². The molecule has 1 N–H and O–H groups in total. The molecule has 61 heavy (non-hydrogen) atoms. The molecule has 0 radical (unpaired) electrons. The Labute approximate surface area is 354 Å². The van der Waals surface area contributed by atoms with Crippen LogP contribution in [0.2, 0.25) is 0 Å². The lowest BCUT2D eigenvalue weighted by molar-refractivity contribution is 0.0193. The first-order chi connectivity index (χ1) is 29.8. The van der Waals surface area contributed by atoms with Crippen molar-refractivity contribution in [3.05, 3.63) is 149 Å². The van der Waals surface area contributed by atoms with Gasteiger partial charge in [0.2, 0.25) is 6.79 Å². The number of amides is 2. The van der Waals surface area contributed by atoms with Crippen molar-refractivity contribution in [1.29, 1.82) is 0 Å². The van der Waals surface area contributed by atoms with Crippen LogP contribution in [0.5, 0.6) is 17.2 Å². The predicted molar refractivity (Wildman–Crippen MR) is 231 cm³/mol. The Balaban J connectivity index is 1.10. The molecule has 0 bridgehead atoms. The Hall–Kier alpha value is -6.43. The van der Waals surface area contributed by atoms with Crippen molar-refractivity contribution < 1.29 is 33.3 Å². The summed E-state index contributed by atoms with van der Waals surface area (Å²) in [7, 11) is 0. The topological polar surface area (TPSA) is 96.7 Å². The van der Waals surface area contributed by atoms with Crippen LogP contribution in [0.15, 0.2) is 109 Å². The molecule has 1 saturated heterocycles. The van der Waals surface area contributed by atoms with Crippen LogP contribution < -0.4 is 14.4 Å². The minimum atomic E-state index is -0.337. The second-order valence-corrected chi connectivity index (χ2v) is 16.4. The van der Waals surface area contributed by atoms with E-state index in [9.17, 15) is 5.11 Å². The Morgan fingerprint density at radius 1 is 0.803 bits per heavy atom. The molecule has 1 fully saturated rings. The van der Waals surface area contributed by atoms with Crippen LogP contribution >= 0.6 is 0 Å². The van der Waals surface area contributed by atoms with Crippen LogP contribution in [-0.2, 0) is 30.7 Å². The molecule has 10 nitrogen and oxygen atoms in total. The number of phenolic OH excluding ortho intramolecular Hbond substituents is 1. The highest BCUT2D eigenvalue weighted by Gasteiger charge is 2.36. The zero-order chi connectivity index (χ0) is 41.6. The number of nitrogens with zero attached hydrogens (tertiary/aromatic N) is 4. The molecule has 310 valence electrons. The lowest BCUT2D eigenvalue weighted by atomic mass is 9.92. The van der Waals surface area contributed by atoms with E-state index in [1.807, 2.05) is 59.5 Å². The maximum atomic E-state index is 15.5. The van der Waals surface area contributed by atoms with E-state index in [0.29, 0.717) is 89.0 Å². The highest BCUT2D eigenvalue weighted by molar-refractivity contribution is 6.14. The van der Waals surface area contributed by atoms with Gasteiger partial charge in [-0.25, -0.2) is 4.39 Å². The second-order valence-electron chi connectivity index (χ2n) is 16.4. The second kappa shape index (κ2) is 16.2. The largest absolute Gasteiger partial charge is 0.508 e. The van der Waals surface area contributed by atoms with Gasteiger partial charge in [0.15, 0.2) is 11.5 Å². The number of benzene rings is 5. The number of halogens is 1. The molecule has 0 unspecified atom stereocenters. The normalized spacial score (nSPS) is 17.1. The molecule has 10 rings (SSSR count). The van der Waals surface area contributed by atoms with Crippen molar-refractivity contribution in [2.24, 2.45) is 0 Å². The molecule has 0 spiro atoms. The number of hydrogen-bond acceptors (Lipinski definition) is 7. The number of fused-ring (bicyclic) bond motifs is 3. The smallest absolute Gasteiger partial charge is 0.264 e. The van der Waals surface area contributed by atoms with E-state index in [-0.39, 0.29) is 36.2 Å². The first kappa shape index (κ1) is 38.8. The number of aromatic nitrogens is 1. The maximum Gasteiger partial charge on any atom is 0.264 e. The zero-order valence-electron chi connectivity index (χ0n) is 34.1. The van der Waals surface area contributed by atoms with Gasteiger partial charge in [0.1, 0.15) is 11.6 Å². The molecule has 6 aromatic rings. The molecule has 1 aromatic heterocycles. The number of carbonyl (C=O) groups is 2. The van der Waals surface area contributed by atoms with Gasteiger partial charge in [-0.1, -0.05) is 54.6 Å². The van der Waals surface area contributed by atoms with Crippen LogP contribution in [0.3, 0.4) is 0 Å². The Kier molecular flexibility index (Phi) is 10.3. The molecule has 2 amide bonds. The summed E-state index contributed by atoms with van der Waals surface area (Å²) < 4.78 is 34.8. The van der Waals surface area contributed by atoms with Crippen molar-refractivity contribution in [1.82, 2.24) is 14.4 Å². The van der Waals surface area contributed by atoms with Gasteiger partial charge in [0, 0.05) is 67.0 Å². The maximum absolute atomic E-state index is 15.5. The molecule has 11 heteroatoms. The summed E-state index contributed by atoms with van der Waals surface area (Å²) in [6.07, 6.45) is 3.20. The summed E-state index contributed by atoms with van der Waals surface area (Å²) in [5, 5.41) is 10.3. The Morgan fingerprint density at radius 3 is 2.36 bits per heavy atom. The number of hydrogen-bond donors (Lipinski definition) is 1. The number of phenols is 1. The van der Waals surface area contributed by atoms with Crippen LogP contribution in [-0.4, -0.2) is 77.0 Å². The van der Waals surface area contributed by atoms with E-state index < -0.39 is 0 Å². The number of rotatable bonds is 8. The monoisotopic (exact) mass is 818 g/mol. The minimum absolute atomic E-state index is 0.0467. The van der Waals surface area contributed by atoms with Crippen LogP contribution in [0.1, 0.15) is 55.9 Å². The van der Waals surface area contributed by atoms with E-state index in [2.05, 4.69) is 27.7 Å². The third kappa shape index (κ3) is 7.31.